The molecule has 3 heteroatoms. The van der Waals surface area contributed by atoms with E-state index in [4.69, 9.17) is 9.47 Å². The maximum absolute atomic E-state index is 6.25. The Balaban J connectivity index is 2.02. The Hall–Kier alpha value is -1.22. The average Bonchev–Trinajstić information content (AvgIpc) is 2.77. The molecule has 0 aliphatic heterocycles. The van der Waals surface area contributed by atoms with E-state index in [9.17, 15) is 0 Å². The second-order valence-corrected chi connectivity index (χ2v) is 5.89. The second kappa shape index (κ2) is 8.93. The van der Waals surface area contributed by atoms with Gasteiger partial charge in [-0.3, -0.25) is 0 Å². The first-order valence-electron chi connectivity index (χ1n) is 8.37. The fourth-order valence-electron chi connectivity index (χ4n) is 2.87. The standard InChI is InChI=1S/C18H29NO2/c1-3-12-19-14-15-10-11-17(20-2)18(13-15)21-16-8-6-4-5-7-9-16/h10-11,13,16,19H,3-9,12,14H2,1-2H3. The molecule has 0 aromatic heterocycles. The highest BCUT2D eigenvalue weighted by atomic mass is 16.5. The normalized spacial score (nSPS) is 16.5. The second-order valence-electron chi connectivity index (χ2n) is 5.89. The van der Waals surface area contributed by atoms with E-state index in [2.05, 4.69) is 24.4 Å². The predicted molar refractivity (Wildman–Crippen MR) is 87.1 cm³/mol. The topological polar surface area (TPSA) is 30.5 Å². The minimum Gasteiger partial charge on any atom is -0.493 e. The summed E-state index contributed by atoms with van der Waals surface area (Å²) in [6.45, 7) is 4.12. The van der Waals surface area contributed by atoms with Crippen LogP contribution < -0.4 is 14.8 Å². The molecule has 3 nitrogen and oxygen atoms in total. The summed E-state index contributed by atoms with van der Waals surface area (Å²) in [5.74, 6) is 1.75. The van der Waals surface area contributed by atoms with E-state index in [1.54, 1.807) is 7.11 Å². The van der Waals surface area contributed by atoms with Crippen LogP contribution in [0, 0.1) is 0 Å². The lowest BCUT2D eigenvalue weighted by Gasteiger charge is -2.19. The van der Waals surface area contributed by atoms with Crippen molar-refractivity contribution in [2.75, 3.05) is 13.7 Å². The Morgan fingerprint density at radius 3 is 2.52 bits per heavy atom. The Bertz CT molecular complexity index is 412. The molecular weight excluding hydrogens is 262 g/mol. The van der Waals surface area contributed by atoms with Crippen LogP contribution in [0.25, 0.3) is 0 Å². The summed E-state index contributed by atoms with van der Waals surface area (Å²) in [6.07, 6.45) is 9.09. The summed E-state index contributed by atoms with van der Waals surface area (Å²) >= 11 is 0. The van der Waals surface area contributed by atoms with Crippen LogP contribution >= 0.6 is 0 Å². The first kappa shape index (κ1) is 16.2. The van der Waals surface area contributed by atoms with Gasteiger partial charge in [0.15, 0.2) is 11.5 Å². The van der Waals surface area contributed by atoms with Gasteiger partial charge < -0.3 is 14.8 Å². The minimum absolute atomic E-state index is 0.347. The molecule has 0 heterocycles. The van der Waals surface area contributed by atoms with Crippen molar-refractivity contribution in [3.8, 4) is 11.5 Å². The van der Waals surface area contributed by atoms with Gasteiger partial charge in [-0.25, -0.2) is 0 Å². The van der Waals surface area contributed by atoms with Crippen molar-refractivity contribution in [2.45, 2.75) is 64.5 Å². The molecule has 0 spiro atoms. The van der Waals surface area contributed by atoms with E-state index >= 15 is 0 Å². The summed E-state index contributed by atoms with van der Waals surface area (Å²) in [4.78, 5) is 0. The van der Waals surface area contributed by atoms with E-state index < -0.39 is 0 Å². The quantitative estimate of drug-likeness (QED) is 0.600. The largest absolute Gasteiger partial charge is 0.493 e. The number of rotatable bonds is 7. The molecule has 1 aliphatic carbocycles. The van der Waals surface area contributed by atoms with Crippen LogP contribution in [-0.2, 0) is 6.54 Å². The van der Waals surface area contributed by atoms with Crippen LogP contribution in [0.4, 0.5) is 0 Å². The van der Waals surface area contributed by atoms with E-state index in [1.165, 1.54) is 44.1 Å². The van der Waals surface area contributed by atoms with Crippen LogP contribution in [-0.4, -0.2) is 19.8 Å². The molecule has 0 saturated heterocycles. The zero-order valence-corrected chi connectivity index (χ0v) is 13.5. The van der Waals surface area contributed by atoms with Gasteiger partial charge in [0.1, 0.15) is 0 Å². The van der Waals surface area contributed by atoms with Crippen LogP contribution in [0.3, 0.4) is 0 Å². The monoisotopic (exact) mass is 291 g/mol. The molecule has 1 N–H and O–H groups in total. The zero-order valence-electron chi connectivity index (χ0n) is 13.5. The highest BCUT2D eigenvalue weighted by Gasteiger charge is 2.16. The van der Waals surface area contributed by atoms with Gasteiger partial charge in [0.05, 0.1) is 13.2 Å². The lowest BCUT2D eigenvalue weighted by atomic mass is 10.1. The average molecular weight is 291 g/mol. The molecule has 21 heavy (non-hydrogen) atoms. The number of hydrogen-bond acceptors (Lipinski definition) is 3. The third-order valence-electron chi connectivity index (χ3n) is 4.08. The summed E-state index contributed by atoms with van der Waals surface area (Å²) < 4.78 is 11.7. The van der Waals surface area contributed by atoms with E-state index in [0.29, 0.717) is 6.10 Å². The van der Waals surface area contributed by atoms with Crippen molar-refractivity contribution in [3.05, 3.63) is 23.8 Å². The number of benzene rings is 1. The molecule has 1 saturated carbocycles. The summed E-state index contributed by atoms with van der Waals surface area (Å²) in [6, 6.07) is 6.27. The van der Waals surface area contributed by atoms with Gasteiger partial charge in [-0.1, -0.05) is 25.8 Å². The summed E-state index contributed by atoms with van der Waals surface area (Å²) in [5, 5.41) is 3.43. The van der Waals surface area contributed by atoms with Crippen molar-refractivity contribution in [2.24, 2.45) is 0 Å². The fraction of sp³-hybridized carbons (Fsp3) is 0.667. The maximum atomic E-state index is 6.25. The van der Waals surface area contributed by atoms with Gasteiger partial charge in [-0.2, -0.15) is 0 Å². The lowest BCUT2D eigenvalue weighted by Crippen LogP contribution is -2.17. The molecule has 1 aromatic carbocycles. The van der Waals surface area contributed by atoms with Crippen molar-refractivity contribution in [3.63, 3.8) is 0 Å². The third-order valence-corrected chi connectivity index (χ3v) is 4.08. The molecule has 1 aromatic rings. The Morgan fingerprint density at radius 2 is 1.86 bits per heavy atom. The highest BCUT2D eigenvalue weighted by Crippen LogP contribution is 2.31. The highest BCUT2D eigenvalue weighted by molar-refractivity contribution is 5.43. The molecule has 118 valence electrons. The van der Waals surface area contributed by atoms with Gasteiger partial charge in [0.25, 0.3) is 0 Å². The van der Waals surface area contributed by atoms with E-state index in [0.717, 1.165) is 31.0 Å². The zero-order chi connectivity index (χ0) is 14.9. The van der Waals surface area contributed by atoms with Crippen molar-refractivity contribution in [1.29, 1.82) is 0 Å². The van der Waals surface area contributed by atoms with Gasteiger partial charge in [0.2, 0.25) is 0 Å². The van der Waals surface area contributed by atoms with Gasteiger partial charge >= 0.3 is 0 Å². The van der Waals surface area contributed by atoms with Crippen molar-refractivity contribution < 1.29 is 9.47 Å². The number of nitrogens with one attached hydrogen (secondary N) is 1. The van der Waals surface area contributed by atoms with Gasteiger partial charge in [0, 0.05) is 6.54 Å². The molecular formula is C18H29NO2. The van der Waals surface area contributed by atoms with Gasteiger partial charge in [-0.15, -0.1) is 0 Å². The Kier molecular flexibility index (Phi) is 6.87. The SMILES string of the molecule is CCCNCc1ccc(OC)c(OC2CCCCCC2)c1. The number of ether oxygens (including phenoxy) is 2. The Labute approximate surface area is 129 Å². The van der Waals surface area contributed by atoms with Gasteiger partial charge in [-0.05, 0) is 56.3 Å². The molecule has 0 atom stereocenters. The summed E-state index contributed by atoms with van der Waals surface area (Å²) in [5.41, 5.74) is 1.26. The molecule has 0 amide bonds. The van der Waals surface area contributed by atoms with E-state index in [1.807, 2.05) is 6.07 Å². The van der Waals surface area contributed by atoms with Crippen LogP contribution in [0.5, 0.6) is 11.5 Å². The number of methoxy groups -OCH3 is 1. The molecule has 2 rings (SSSR count). The number of hydrogen-bond donors (Lipinski definition) is 1. The molecule has 1 aliphatic rings. The van der Waals surface area contributed by atoms with Crippen molar-refractivity contribution in [1.82, 2.24) is 5.32 Å². The molecule has 1 fully saturated rings. The maximum Gasteiger partial charge on any atom is 0.161 e. The fourth-order valence-corrected chi connectivity index (χ4v) is 2.87. The molecule has 0 radical (unpaired) electrons. The van der Waals surface area contributed by atoms with Crippen LogP contribution in [0.1, 0.15) is 57.4 Å². The first-order valence-corrected chi connectivity index (χ1v) is 8.37. The predicted octanol–water partition coefficient (Wildman–Crippen LogP) is 4.30. The molecule has 0 unspecified atom stereocenters. The van der Waals surface area contributed by atoms with Crippen molar-refractivity contribution >= 4 is 0 Å². The smallest absolute Gasteiger partial charge is 0.161 e. The van der Waals surface area contributed by atoms with E-state index in [-0.39, 0.29) is 0 Å². The van der Waals surface area contributed by atoms with Crippen LogP contribution in [0.2, 0.25) is 0 Å². The van der Waals surface area contributed by atoms with Crippen LogP contribution in [0.15, 0.2) is 18.2 Å². The lowest BCUT2D eigenvalue weighted by molar-refractivity contribution is 0.176. The molecule has 0 bridgehead atoms. The summed E-state index contributed by atoms with van der Waals surface area (Å²) in [7, 11) is 1.71. The minimum atomic E-state index is 0.347. The Morgan fingerprint density at radius 1 is 1.10 bits per heavy atom. The first-order chi connectivity index (χ1) is 10.3. The third kappa shape index (κ3) is 5.24.